The first-order chi connectivity index (χ1) is 11.3. The van der Waals surface area contributed by atoms with E-state index in [0.29, 0.717) is 0 Å². The second-order valence-electron chi connectivity index (χ2n) is 5.37. The van der Waals surface area contributed by atoms with Gasteiger partial charge in [-0.05, 0) is 0 Å². The van der Waals surface area contributed by atoms with Crippen molar-refractivity contribution < 1.29 is 54.8 Å². The van der Waals surface area contributed by atoms with E-state index >= 15 is 0 Å². The summed E-state index contributed by atoms with van der Waals surface area (Å²) in [4.78, 5) is 10.6. The molecule has 0 saturated carbocycles. The van der Waals surface area contributed by atoms with Crippen molar-refractivity contribution in [1.82, 2.24) is 0 Å². The zero-order valence-corrected chi connectivity index (χ0v) is 13.0. The molecule has 9 atom stereocenters. The number of hydrogen-bond acceptors (Lipinski definition) is 11. The number of methoxy groups -OCH3 is 1. The molecule has 1 heterocycles. The van der Waals surface area contributed by atoms with Gasteiger partial charge >= 0.3 is 0 Å². The molecule has 7 N–H and O–H groups in total. The van der Waals surface area contributed by atoms with Crippen molar-refractivity contribution in [3.8, 4) is 0 Å². The molecule has 0 radical (unpaired) electrons. The number of carbonyl (C=O) groups is 1. The molecule has 0 spiro atoms. The van der Waals surface area contributed by atoms with Crippen molar-refractivity contribution >= 4 is 6.29 Å². The second-order valence-corrected chi connectivity index (χ2v) is 5.37. The van der Waals surface area contributed by atoms with E-state index in [1.54, 1.807) is 0 Å². The van der Waals surface area contributed by atoms with Crippen LogP contribution >= 0.6 is 0 Å². The molecule has 0 aromatic rings. The lowest BCUT2D eigenvalue weighted by atomic mass is 9.98. The van der Waals surface area contributed by atoms with Gasteiger partial charge in [0.05, 0.1) is 13.2 Å². The summed E-state index contributed by atoms with van der Waals surface area (Å²) < 4.78 is 15.5. The molecule has 24 heavy (non-hydrogen) atoms. The minimum Gasteiger partial charge on any atom is -0.394 e. The van der Waals surface area contributed by atoms with Crippen LogP contribution < -0.4 is 0 Å². The van der Waals surface area contributed by atoms with Crippen LogP contribution in [0.4, 0.5) is 0 Å². The van der Waals surface area contributed by atoms with Gasteiger partial charge in [-0.25, -0.2) is 0 Å². The highest BCUT2D eigenvalue weighted by atomic mass is 16.7. The first-order valence-electron chi connectivity index (χ1n) is 7.23. The Morgan fingerprint density at radius 1 is 1.17 bits per heavy atom. The first-order valence-corrected chi connectivity index (χ1v) is 7.23. The van der Waals surface area contributed by atoms with Gasteiger partial charge in [-0.1, -0.05) is 0 Å². The van der Waals surface area contributed by atoms with Crippen LogP contribution in [0.1, 0.15) is 0 Å². The van der Waals surface area contributed by atoms with Gasteiger partial charge in [0.15, 0.2) is 12.6 Å². The van der Waals surface area contributed by atoms with Crippen molar-refractivity contribution in [2.24, 2.45) is 0 Å². The van der Waals surface area contributed by atoms with Crippen molar-refractivity contribution in [1.29, 1.82) is 0 Å². The number of ether oxygens (including phenoxy) is 3. The Bertz CT molecular complexity index is 381. The van der Waals surface area contributed by atoms with Crippen molar-refractivity contribution in [3.63, 3.8) is 0 Å². The quantitative estimate of drug-likeness (QED) is 0.196. The number of rotatable bonds is 9. The maximum atomic E-state index is 10.6. The fourth-order valence-electron chi connectivity index (χ4n) is 2.35. The topological polar surface area (TPSA) is 186 Å². The molecule has 1 saturated heterocycles. The standard InChI is InChI=1S/C13H24O11/c1-22-12-10(21)9(20)7(4-16)23-13(12)24-11(6(18)3-15)8(19)5(17)2-14/h2,5-13,15-21H,3-4H2,1H3/t5-,6+,7-,8-,9-,10+,11+,12-,13+/m0/s1. The van der Waals surface area contributed by atoms with E-state index in [9.17, 15) is 30.3 Å². The van der Waals surface area contributed by atoms with Crippen molar-refractivity contribution in [2.45, 2.75) is 55.1 Å². The third-order valence-corrected chi connectivity index (χ3v) is 3.78. The van der Waals surface area contributed by atoms with E-state index < -0.39 is 68.3 Å². The lowest BCUT2D eigenvalue weighted by Crippen LogP contribution is -2.62. The van der Waals surface area contributed by atoms with Crippen LogP contribution in [0.3, 0.4) is 0 Å². The molecule has 11 heteroatoms. The van der Waals surface area contributed by atoms with Crippen LogP contribution in [-0.2, 0) is 19.0 Å². The van der Waals surface area contributed by atoms with Crippen LogP contribution in [0.5, 0.6) is 0 Å². The molecule has 0 amide bonds. The van der Waals surface area contributed by atoms with Crippen molar-refractivity contribution in [3.05, 3.63) is 0 Å². The summed E-state index contributed by atoms with van der Waals surface area (Å²) in [5, 5.41) is 67.0. The molecule has 0 bridgehead atoms. The Hall–Kier alpha value is -0.730. The van der Waals surface area contributed by atoms with Gasteiger partial charge in [0.1, 0.15) is 48.8 Å². The minimum atomic E-state index is -1.91. The lowest BCUT2D eigenvalue weighted by Gasteiger charge is -2.43. The molecular formula is C13H24O11. The van der Waals surface area contributed by atoms with Gasteiger partial charge in [-0.15, -0.1) is 0 Å². The zero-order chi connectivity index (χ0) is 18.4. The number of carbonyl (C=O) groups excluding carboxylic acids is 1. The van der Waals surface area contributed by atoms with Gasteiger partial charge in [0.25, 0.3) is 0 Å². The van der Waals surface area contributed by atoms with E-state index in [1.165, 1.54) is 7.11 Å². The Labute approximate surface area is 137 Å². The van der Waals surface area contributed by atoms with Gasteiger partial charge in [0, 0.05) is 7.11 Å². The van der Waals surface area contributed by atoms with Gasteiger partial charge in [-0.2, -0.15) is 0 Å². The molecule has 142 valence electrons. The van der Waals surface area contributed by atoms with Crippen molar-refractivity contribution in [2.75, 3.05) is 20.3 Å². The van der Waals surface area contributed by atoms with Crippen LogP contribution in [0.2, 0.25) is 0 Å². The van der Waals surface area contributed by atoms with Gasteiger partial charge < -0.3 is 54.8 Å². The average molecular weight is 356 g/mol. The molecule has 11 nitrogen and oxygen atoms in total. The molecule has 0 unspecified atom stereocenters. The molecule has 0 aromatic carbocycles. The number of aldehydes is 1. The summed E-state index contributed by atoms with van der Waals surface area (Å²) in [6.45, 7) is -1.53. The highest BCUT2D eigenvalue weighted by Gasteiger charge is 2.47. The van der Waals surface area contributed by atoms with E-state index in [-0.39, 0.29) is 6.29 Å². The molecule has 1 aliphatic rings. The lowest BCUT2D eigenvalue weighted by molar-refractivity contribution is -0.330. The summed E-state index contributed by atoms with van der Waals surface area (Å²) in [6.07, 6.45) is -14.2. The van der Waals surface area contributed by atoms with Crippen LogP contribution in [-0.4, -0.2) is 117 Å². The van der Waals surface area contributed by atoms with E-state index in [4.69, 9.17) is 24.4 Å². The number of aliphatic hydroxyl groups excluding tert-OH is 7. The number of hydrogen-bond donors (Lipinski definition) is 7. The Morgan fingerprint density at radius 3 is 2.25 bits per heavy atom. The van der Waals surface area contributed by atoms with Crippen LogP contribution in [0.25, 0.3) is 0 Å². The number of aliphatic hydroxyl groups is 7. The highest BCUT2D eigenvalue weighted by molar-refractivity contribution is 5.56. The fraction of sp³-hybridized carbons (Fsp3) is 0.923. The smallest absolute Gasteiger partial charge is 0.187 e. The van der Waals surface area contributed by atoms with E-state index in [0.717, 1.165) is 0 Å². The molecule has 1 rings (SSSR count). The maximum absolute atomic E-state index is 10.6. The Morgan fingerprint density at radius 2 is 1.79 bits per heavy atom. The summed E-state index contributed by atoms with van der Waals surface area (Å²) in [5.41, 5.74) is 0. The Balaban J connectivity index is 2.98. The Kier molecular flexibility index (Phi) is 8.59. The van der Waals surface area contributed by atoms with Gasteiger partial charge in [-0.3, -0.25) is 0 Å². The summed E-state index contributed by atoms with van der Waals surface area (Å²) in [6, 6.07) is 0. The second kappa shape index (κ2) is 9.68. The summed E-state index contributed by atoms with van der Waals surface area (Å²) >= 11 is 0. The molecule has 0 aromatic heterocycles. The highest BCUT2D eigenvalue weighted by Crippen LogP contribution is 2.26. The normalized spacial score (nSPS) is 35.9. The summed E-state index contributed by atoms with van der Waals surface area (Å²) in [5.74, 6) is 0. The van der Waals surface area contributed by atoms with E-state index in [2.05, 4.69) is 0 Å². The van der Waals surface area contributed by atoms with Gasteiger partial charge in [0.2, 0.25) is 0 Å². The maximum Gasteiger partial charge on any atom is 0.187 e. The SMILES string of the molecule is CO[C@@H]1[C@@H](O[C@@H]([C@@H](O)[C@@H](O)C=O)[C@H](O)CO)O[C@@H](CO)[C@H](O)[C@H]1O. The minimum absolute atomic E-state index is 0.00970. The molecule has 1 fully saturated rings. The predicted octanol–water partition coefficient (Wildman–Crippen LogP) is -4.90. The molecular weight excluding hydrogens is 332 g/mol. The van der Waals surface area contributed by atoms with Crippen LogP contribution in [0.15, 0.2) is 0 Å². The third kappa shape index (κ3) is 4.67. The molecule has 0 aliphatic carbocycles. The largest absolute Gasteiger partial charge is 0.394 e. The monoisotopic (exact) mass is 356 g/mol. The fourth-order valence-corrected chi connectivity index (χ4v) is 2.35. The predicted molar refractivity (Wildman–Crippen MR) is 74.6 cm³/mol. The van der Waals surface area contributed by atoms with Crippen LogP contribution in [0, 0.1) is 0 Å². The zero-order valence-electron chi connectivity index (χ0n) is 13.0. The summed E-state index contributed by atoms with van der Waals surface area (Å²) in [7, 11) is 1.17. The molecule has 1 aliphatic heterocycles. The first kappa shape index (κ1) is 21.3. The van der Waals surface area contributed by atoms with E-state index in [1.807, 2.05) is 0 Å². The average Bonchev–Trinajstić information content (AvgIpc) is 2.60. The third-order valence-electron chi connectivity index (χ3n) is 3.78.